The molecule has 3 nitrogen and oxygen atoms in total. The molecule has 0 bridgehead atoms. The van der Waals surface area contributed by atoms with Gasteiger partial charge in [-0.05, 0) is 52.7 Å². The van der Waals surface area contributed by atoms with Crippen molar-refractivity contribution in [3.8, 4) is 0 Å². The van der Waals surface area contributed by atoms with Crippen molar-refractivity contribution in [2.45, 2.75) is 18.2 Å². The number of allylic oxidation sites excluding steroid dienone is 2. The van der Waals surface area contributed by atoms with Crippen LogP contribution in [0.5, 0.6) is 0 Å². The molecule has 3 N–H and O–H groups in total. The van der Waals surface area contributed by atoms with Crippen molar-refractivity contribution in [3.63, 3.8) is 0 Å². The average molecular weight is 470 g/mol. The van der Waals surface area contributed by atoms with Crippen molar-refractivity contribution in [1.82, 2.24) is 16.0 Å². The monoisotopic (exact) mass is 469 g/mol. The fourth-order valence-corrected chi connectivity index (χ4v) is 4.29. The second kappa shape index (κ2) is 8.96. The predicted octanol–water partition coefficient (Wildman–Crippen LogP) is 6.14. The van der Waals surface area contributed by atoms with Gasteiger partial charge in [0, 0.05) is 10.2 Å². The minimum Gasteiger partial charge on any atom is -0.381 e. The molecule has 5 rings (SSSR count). The highest BCUT2D eigenvalue weighted by Crippen LogP contribution is 2.30. The largest absolute Gasteiger partial charge is 0.381 e. The highest BCUT2D eigenvalue weighted by atomic mass is 79.9. The van der Waals surface area contributed by atoms with Gasteiger partial charge >= 0.3 is 0 Å². The molecule has 0 spiro atoms. The maximum absolute atomic E-state index is 3.74. The molecular formula is C27H24BrN3. The van der Waals surface area contributed by atoms with Crippen molar-refractivity contribution in [2.75, 3.05) is 0 Å². The van der Waals surface area contributed by atoms with Crippen molar-refractivity contribution < 1.29 is 0 Å². The zero-order valence-electron chi connectivity index (χ0n) is 17.0. The Bertz CT molecular complexity index is 1120. The SMILES string of the molecule is Brc1ccc(C2C=C(c3ccc(C4C=CC=CN4)cc3)NC(c3ccccc3)N2)cc1. The van der Waals surface area contributed by atoms with Crippen LogP contribution in [0.1, 0.15) is 40.5 Å². The molecule has 0 saturated carbocycles. The lowest BCUT2D eigenvalue weighted by molar-refractivity contribution is 0.442. The minimum absolute atomic E-state index is 0.0302. The lowest BCUT2D eigenvalue weighted by Gasteiger charge is -2.33. The topological polar surface area (TPSA) is 36.1 Å². The third-order valence-electron chi connectivity index (χ3n) is 5.71. The van der Waals surface area contributed by atoms with Crippen LogP contribution < -0.4 is 16.0 Å². The van der Waals surface area contributed by atoms with E-state index in [4.69, 9.17) is 0 Å². The first-order valence-electron chi connectivity index (χ1n) is 10.5. The second-order valence-electron chi connectivity index (χ2n) is 7.77. The number of hydrogen-bond donors (Lipinski definition) is 3. The molecule has 3 aromatic carbocycles. The smallest absolute Gasteiger partial charge is 0.104 e. The first kappa shape index (κ1) is 19.9. The molecule has 2 heterocycles. The fourth-order valence-electron chi connectivity index (χ4n) is 4.03. The van der Waals surface area contributed by atoms with Gasteiger partial charge < -0.3 is 10.6 Å². The summed E-state index contributed by atoms with van der Waals surface area (Å²) in [6.45, 7) is 0. The van der Waals surface area contributed by atoms with Crippen LogP contribution in [-0.4, -0.2) is 0 Å². The molecule has 0 radical (unpaired) electrons. The van der Waals surface area contributed by atoms with E-state index in [9.17, 15) is 0 Å². The maximum atomic E-state index is 3.74. The zero-order valence-corrected chi connectivity index (χ0v) is 18.6. The van der Waals surface area contributed by atoms with Gasteiger partial charge in [0.2, 0.25) is 0 Å². The van der Waals surface area contributed by atoms with Crippen molar-refractivity contribution in [3.05, 3.63) is 136 Å². The molecule has 0 amide bonds. The number of rotatable bonds is 4. The van der Waals surface area contributed by atoms with E-state index in [0.717, 1.165) is 10.2 Å². The molecule has 31 heavy (non-hydrogen) atoms. The molecule has 3 aromatic rings. The molecule has 0 fully saturated rings. The van der Waals surface area contributed by atoms with Gasteiger partial charge in [-0.15, -0.1) is 0 Å². The van der Waals surface area contributed by atoms with E-state index in [-0.39, 0.29) is 18.2 Å². The number of halogens is 1. The van der Waals surface area contributed by atoms with E-state index >= 15 is 0 Å². The van der Waals surface area contributed by atoms with Crippen molar-refractivity contribution >= 4 is 21.6 Å². The molecular weight excluding hydrogens is 446 g/mol. The fraction of sp³-hybridized carbons (Fsp3) is 0.111. The van der Waals surface area contributed by atoms with Crippen LogP contribution in [0.4, 0.5) is 0 Å². The summed E-state index contributed by atoms with van der Waals surface area (Å²) in [5.74, 6) is 0. The Morgan fingerprint density at radius 2 is 1.39 bits per heavy atom. The van der Waals surface area contributed by atoms with Gasteiger partial charge in [-0.3, -0.25) is 5.32 Å². The van der Waals surface area contributed by atoms with Gasteiger partial charge in [-0.25, -0.2) is 0 Å². The standard InChI is InChI=1S/C27H24BrN3/c28-23-15-13-21(14-16-23)26-18-25(30-27(31-26)22-6-2-1-3-7-22)20-11-9-19(10-12-20)24-8-4-5-17-29-24/h1-18,24,26-27,29-31H. The van der Waals surface area contributed by atoms with Crippen molar-refractivity contribution in [1.29, 1.82) is 0 Å². The minimum atomic E-state index is 0.0302. The summed E-state index contributed by atoms with van der Waals surface area (Å²) in [5.41, 5.74) is 6.03. The molecule has 0 saturated heterocycles. The average Bonchev–Trinajstić information content (AvgIpc) is 2.85. The van der Waals surface area contributed by atoms with Crippen molar-refractivity contribution in [2.24, 2.45) is 0 Å². The van der Waals surface area contributed by atoms with Crippen LogP contribution in [0, 0.1) is 0 Å². The molecule has 4 heteroatoms. The second-order valence-corrected chi connectivity index (χ2v) is 8.69. The van der Waals surface area contributed by atoms with Crippen LogP contribution in [0.15, 0.2) is 114 Å². The first-order valence-corrected chi connectivity index (χ1v) is 11.3. The van der Waals surface area contributed by atoms with Crippen LogP contribution in [0.2, 0.25) is 0 Å². The summed E-state index contributed by atoms with van der Waals surface area (Å²) in [7, 11) is 0. The predicted molar refractivity (Wildman–Crippen MR) is 131 cm³/mol. The summed E-state index contributed by atoms with van der Waals surface area (Å²) in [6, 6.07) is 28.2. The van der Waals surface area contributed by atoms with Gasteiger partial charge in [-0.1, -0.05) is 94.8 Å². The van der Waals surface area contributed by atoms with Crippen LogP contribution in [0.3, 0.4) is 0 Å². The normalized spacial score (nSPS) is 22.4. The number of nitrogens with one attached hydrogen (secondary N) is 3. The first-order chi connectivity index (χ1) is 15.3. The Labute approximate surface area is 191 Å². The Balaban J connectivity index is 1.46. The van der Waals surface area contributed by atoms with E-state index in [1.165, 1.54) is 22.3 Å². The lowest BCUT2D eigenvalue weighted by atomic mass is 9.97. The van der Waals surface area contributed by atoms with E-state index < -0.39 is 0 Å². The van der Waals surface area contributed by atoms with Gasteiger partial charge in [0.25, 0.3) is 0 Å². The van der Waals surface area contributed by atoms with Gasteiger partial charge in [-0.2, -0.15) is 0 Å². The van der Waals surface area contributed by atoms with Gasteiger partial charge in [0.15, 0.2) is 0 Å². The van der Waals surface area contributed by atoms with Crippen LogP contribution in [0.25, 0.3) is 5.70 Å². The van der Waals surface area contributed by atoms with Crippen LogP contribution in [-0.2, 0) is 0 Å². The molecule has 2 aliphatic heterocycles. The Kier molecular flexibility index (Phi) is 5.74. The number of dihydropyridines is 1. The van der Waals surface area contributed by atoms with Gasteiger partial charge in [0.1, 0.15) is 6.17 Å². The van der Waals surface area contributed by atoms with E-state index in [2.05, 4.69) is 129 Å². The Hall–Kier alpha value is -3.08. The Morgan fingerprint density at radius 3 is 2.10 bits per heavy atom. The molecule has 3 atom stereocenters. The maximum Gasteiger partial charge on any atom is 0.104 e. The summed E-state index contributed by atoms with van der Waals surface area (Å²) < 4.78 is 1.09. The third kappa shape index (κ3) is 4.50. The summed E-state index contributed by atoms with van der Waals surface area (Å²) in [5, 5.41) is 10.8. The quantitative estimate of drug-likeness (QED) is 0.429. The van der Waals surface area contributed by atoms with E-state index in [1.54, 1.807) is 0 Å². The third-order valence-corrected chi connectivity index (χ3v) is 6.24. The van der Waals surface area contributed by atoms with Crippen LogP contribution >= 0.6 is 15.9 Å². The zero-order chi connectivity index (χ0) is 21.0. The number of hydrogen-bond acceptors (Lipinski definition) is 3. The molecule has 2 aliphatic rings. The van der Waals surface area contributed by atoms with E-state index in [0.29, 0.717) is 0 Å². The molecule has 3 unspecified atom stereocenters. The molecule has 0 aromatic heterocycles. The summed E-state index contributed by atoms with van der Waals surface area (Å²) in [6.07, 6.45) is 10.6. The molecule has 154 valence electrons. The van der Waals surface area contributed by atoms with Gasteiger partial charge in [0.05, 0.1) is 12.1 Å². The summed E-state index contributed by atoms with van der Waals surface area (Å²) >= 11 is 3.54. The molecule has 0 aliphatic carbocycles. The number of benzene rings is 3. The Morgan fingerprint density at radius 1 is 0.677 bits per heavy atom. The highest BCUT2D eigenvalue weighted by Gasteiger charge is 2.24. The summed E-state index contributed by atoms with van der Waals surface area (Å²) in [4.78, 5) is 0. The van der Waals surface area contributed by atoms with E-state index in [1.807, 2.05) is 12.3 Å². The lowest BCUT2D eigenvalue weighted by Crippen LogP contribution is -2.39. The highest BCUT2D eigenvalue weighted by molar-refractivity contribution is 9.10.